The summed E-state index contributed by atoms with van der Waals surface area (Å²) in [6.45, 7) is 5.92. The standard InChI is InChI=1S/C10H20N2O2/c1-3-12(10(13)8(2)11)7-9-5-4-6-14-9/h8-9H,3-7,11H2,1-2H3/t8-,9?/m1/s1. The van der Waals surface area contributed by atoms with Crippen LogP contribution >= 0.6 is 0 Å². The van der Waals surface area contributed by atoms with Crippen LogP contribution in [0.2, 0.25) is 0 Å². The number of nitrogens with zero attached hydrogens (tertiary/aromatic N) is 1. The van der Waals surface area contributed by atoms with Crippen molar-refractivity contribution in [3.63, 3.8) is 0 Å². The van der Waals surface area contributed by atoms with Gasteiger partial charge in [-0.2, -0.15) is 0 Å². The summed E-state index contributed by atoms with van der Waals surface area (Å²) in [6.07, 6.45) is 2.38. The first-order chi connectivity index (χ1) is 6.65. The number of nitrogens with two attached hydrogens (primary N) is 1. The Kier molecular flexibility index (Phi) is 4.35. The third kappa shape index (κ3) is 2.96. The maximum Gasteiger partial charge on any atom is 0.239 e. The van der Waals surface area contributed by atoms with Crippen molar-refractivity contribution in [2.75, 3.05) is 19.7 Å². The number of ether oxygens (including phenoxy) is 1. The van der Waals surface area contributed by atoms with Gasteiger partial charge in [-0.3, -0.25) is 4.79 Å². The molecule has 0 aromatic carbocycles. The Hall–Kier alpha value is -0.610. The van der Waals surface area contributed by atoms with Crippen molar-refractivity contribution in [1.82, 2.24) is 4.90 Å². The molecule has 0 saturated carbocycles. The first kappa shape index (κ1) is 11.5. The second-order valence-corrected chi connectivity index (χ2v) is 3.80. The number of likely N-dealkylation sites (N-methyl/N-ethyl adjacent to an activating group) is 1. The molecule has 0 spiro atoms. The van der Waals surface area contributed by atoms with Gasteiger partial charge in [0.15, 0.2) is 0 Å². The molecule has 2 N–H and O–H groups in total. The number of carbonyl (C=O) groups is 1. The van der Waals surface area contributed by atoms with E-state index in [2.05, 4.69) is 0 Å². The summed E-state index contributed by atoms with van der Waals surface area (Å²) in [5.41, 5.74) is 5.55. The zero-order chi connectivity index (χ0) is 10.6. The van der Waals surface area contributed by atoms with Crippen LogP contribution in [0.3, 0.4) is 0 Å². The molecule has 0 aromatic rings. The van der Waals surface area contributed by atoms with Crippen molar-refractivity contribution in [2.45, 2.75) is 38.8 Å². The Bertz CT molecular complexity index is 189. The van der Waals surface area contributed by atoms with Gasteiger partial charge in [-0.15, -0.1) is 0 Å². The molecule has 1 aliphatic rings. The van der Waals surface area contributed by atoms with Gasteiger partial charge < -0.3 is 15.4 Å². The van der Waals surface area contributed by atoms with Gasteiger partial charge in [0.2, 0.25) is 5.91 Å². The molecule has 4 nitrogen and oxygen atoms in total. The highest BCUT2D eigenvalue weighted by Gasteiger charge is 2.22. The molecular weight excluding hydrogens is 180 g/mol. The fraction of sp³-hybridized carbons (Fsp3) is 0.900. The van der Waals surface area contributed by atoms with E-state index in [4.69, 9.17) is 10.5 Å². The van der Waals surface area contributed by atoms with Crippen molar-refractivity contribution in [3.8, 4) is 0 Å². The molecule has 1 amide bonds. The first-order valence-corrected chi connectivity index (χ1v) is 5.31. The van der Waals surface area contributed by atoms with Gasteiger partial charge in [-0.25, -0.2) is 0 Å². The van der Waals surface area contributed by atoms with Crippen LogP contribution in [0.4, 0.5) is 0 Å². The van der Waals surface area contributed by atoms with Gasteiger partial charge in [-0.1, -0.05) is 0 Å². The molecule has 1 rings (SSSR count). The van der Waals surface area contributed by atoms with Crippen LogP contribution in [-0.2, 0) is 9.53 Å². The lowest BCUT2D eigenvalue weighted by atomic mass is 10.2. The number of amides is 1. The summed E-state index contributed by atoms with van der Waals surface area (Å²) in [5, 5.41) is 0. The minimum atomic E-state index is -0.406. The Morgan fingerprint density at radius 2 is 2.43 bits per heavy atom. The fourth-order valence-electron chi connectivity index (χ4n) is 1.70. The van der Waals surface area contributed by atoms with Crippen molar-refractivity contribution >= 4 is 5.91 Å². The predicted molar refractivity (Wildman–Crippen MR) is 54.9 cm³/mol. The van der Waals surface area contributed by atoms with Gasteiger partial charge in [0.25, 0.3) is 0 Å². The van der Waals surface area contributed by atoms with E-state index < -0.39 is 6.04 Å². The fourth-order valence-corrected chi connectivity index (χ4v) is 1.70. The lowest BCUT2D eigenvalue weighted by molar-refractivity contribution is -0.133. The van der Waals surface area contributed by atoms with Crippen LogP contribution in [0.15, 0.2) is 0 Å². The summed E-state index contributed by atoms with van der Waals surface area (Å²) in [6, 6.07) is -0.406. The molecule has 0 bridgehead atoms. The maximum absolute atomic E-state index is 11.6. The maximum atomic E-state index is 11.6. The van der Waals surface area contributed by atoms with Crippen LogP contribution in [0.5, 0.6) is 0 Å². The van der Waals surface area contributed by atoms with E-state index in [9.17, 15) is 4.79 Å². The lowest BCUT2D eigenvalue weighted by Gasteiger charge is -2.25. The normalized spacial score (nSPS) is 23.5. The molecule has 0 aromatic heterocycles. The van der Waals surface area contributed by atoms with Crippen LogP contribution in [-0.4, -0.2) is 42.6 Å². The number of carbonyl (C=O) groups excluding carboxylic acids is 1. The molecule has 4 heteroatoms. The molecule has 14 heavy (non-hydrogen) atoms. The third-order valence-corrected chi connectivity index (χ3v) is 2.53. The van der Waals surface area contributed by atoms with E-state index in [1.165, 1.54) is 0 Å². The largest absolute Gasteiger partial charge is 0.376 e. The summed E-state index contributed by atoms with van der Waals surface area (Å²) in [7, 11) is 0. The van der Waals surface area contributed by atoms with Crippen LogP contribution < -0.4 is 5.73 Å². The van der Waals surface area contributed by atoms with Crippen LogP contribution in [0, 0.1) is 0 Å². The molecule has 1 aliphatic heterocycles. The Morgan fingerprint density at radius 1 is 1.71 bits per heavy atom. The van der Waals surface area contributed by atoms with Crippen molar-refractivity contribution in [1.29, 1.82) is 0 Å². The van der Waals surface area contributed by atoms with Gasteiger partial charge >= 0.3 is 0 Å². The van der Waals surface area contributed by atoms with Crippen molar-refractivity contribution < 1.29 is 9.53 Å². The number of hydrogen-bond acceptors (Lipinski definition) is 3. The van der Waals surface area contributed by atoms with E-state index in [1.54, 1.807) is 11.8 Å². The third-order valence-electron chi connectivity index (χ3n) is 2.53. The highest BCUT2D eigenvalue weighted by molar-refractivity contribution is 5.81. The highest BCUT2D eigenvalue weighted by Crippen LogP contribution is 2.13. The van der Waals surface area contributed by atoms with E-state index in [0.29, 0.717) is 13.1 Å². The molecule has 1 saturated heterocycles. The second kappa shape index (κ2) is 5.32. The smallest absolute Gasteiger partial charge is 0.239 e. The Balaban J connectivity index is 2.41. The minimum absolute atomic E-state index is 0.0167. The van der Waals surface area contributed by atoms with Gasteiger partial charge in [0, 0.05) is 19.7 Å². The van der Waals surface area contributed by atoms with Gasteiger partial charge in [0.05, 0.1) is 12.1 Å². The van der Waals surface area contributed by atoms with Crippen molar-refractivity contribution in [2.24, 2.45) is 5.73 Å². The Labute approximate surface area is 85.4 Å². The minimum Gasteiger partial charge on any atom is -0.376 e. The number of hydrogen-bond donors (Lipinski definition) is 1. The second-order valence-electron chi connectivity index (χ2n) is 3.80. The summed E-state index contributed by atoms with van der Waals surface area (Å²) >= 11 is 0. The molecule has 0 aliphatic carbocycles. The van der Waals surface area contributed by atoms with E-state index >= 15 is 0 Å². The summed E-state index contributed by atoms with van der Waals surface area (Å²) in [4.78, 5) is 13.4. The lowest BCUT2D eigenvalue weighted by Crippen LogP contribution is -2.45. The summed E-state index contributed by atoms with van der Waals surface area (Å²) in [5.74, 6) is 0.0167. The molecule has 1 heterocycles. The number of rotatable bonds is 4. The zero-order valence-corrected chi connectivity index (χ0v) is 9.03. The average Bonchev–Trinajstić information content (AvgIpc) is 2.65. The van der Waals surface area contributed by atoms with E-state index in [1.807, 2.05) is 6.92 Å². The molecular formula is C10H20N2O2. The molecule has 1 unspecified atom stereocenters. The highest BCUT2D eigenvalue weighted by atomic mass is 16.5. The van der Waals surface area contributed by atoms with Crippen molar-refractivity contribution in [3.05, 3.63) is 0 Å². The summed E-state index contributed by atoms with van der Waals surface area (Å²) < 4.78 is 5.48. The predicted octanol–water partition coefficient (Wildman–Crippen LogP) is 0.361. The van der Waals surface area contributed by atoms with Crippen LogP contribution in [0.1, 0.15) is 26.7 Å². The topological polar surface area (TPSA) is 55.6 Å². The molecule has 1 fully saturated rings. The quantitative estimate of drug-likeness (QED) is 0.713. The molecule has 82 valence electrons. The van der Waals surface area contributed by atoms with E-state index in [0.717, 1.165) is 19.4 Å². The molecule has 0 radical (unpaired) electrons. The average molecular weight is 200 g/mol. The first-order valence-electron chi connectivity index (χ1n) is 5.31. The monoisotopic (exact) mass is 200 g/mol. The Morgan fingerprint density at radius 3 is 2.86 bits per heavy atom. The van der Waals surface area contributed by atoms with Crippen LogP contribution in [0.25, 0.3) is 0 Å². The molecule has 2 atom stereocenters. The van der Waals surface area contributed by atoms with Gasteiger partial charge in [0.1, 0.15) is 0 Å². The van der Waals surface area contributed by atoms with E-state index in [-0.39, 0.29) is 12.0 Å². The SMILES string of the molecule is CCN(CC1CCCO1)C(=O)[C@@H](C)N. The van der Waals surface area contributed by atoms with Gasteiger partial charge in [-0.05, 0) is 26.7 Å². The zero-order valence-electron chi connectivity index (χ0n) is 9.03.